The Labute approximate surface area is 78.3 Å². The van der Waals surface area contributed by atoms with Crippen LogP contribution in [0.15, 0.2) is 0 Å². The SMILES string of the molecule is CCCCC[C@H](NC(C)=O)C(=O)O. The molecule has 0 aliphatic rings. The highest BCUT2D eigenvalue weighted by Crippen LogP contribution is 2.03. The third-order valence-corrected chi connectivity index (χ3v) is 1.77. The summed E-state index contributed by atoms with van der Waals surface area (Å²) in [4.78, 5) is 21.2. The summed E-state index contributed by atoms with van der Waals surface area (Å²) in [5.41, 5.74) is 0. The molecule has 0 rings (SSSR count). The van der Waals surface area contributed by atoms with Gasteiger partial charge >= 0.3 is 5.97 Å². The topological polar surface area (TPSA) is 66.4 Å². The van der Waals surface area contributed by atoms with Crippen molar-refractivity contribution in [2.24, 2.45) is 0 Å². The van der Waals surface area contributed by atoms with Gasteiger partial charge in [0.1, 0.15) is 6.04 Å². The Morgan fingerprint density at radius 3 is 2.38 bits per heavy atom. The quantitative estimate of drug-likeness (QED) is 0.613. The zero-order chi connectivity index (χ0) is 10.3. The van der Waals surface area contributed by atoms with Crippen LogP contribution < -0.4 is 5.32 Å². The Balaban J connectivity index is 3.81. The van der Waals surface area contributed by atoms with E-state index in [1.165, 1.54) is 6.92 Å². The van der Waals surface area contributed by atoms with Crippen molar-refractivity contribution in [2.75, 3.05) is 0 Å². The lowest BCUT2D eigenvalue weighted by molar-refractivity contribution is -0.141. The Morgan fingerprint density at radius 1 is 1.38 bits per heavy atom. The summed E-state index contributed by atoms with van der Waals surface area (Å²) in [6.45, 7) is 3.38. The van der Waals surface area contributed by atoms with Gasteiger partial charge in [0, 0.05) is 6.92 Å². The zero-order valence-electron chi connectivity index (χ0n) is 8.17. The highest BCUT2D eigenvalue weighted by Gasteiger charge is 2.16. The number of carbonyl (C=O) groups is 2. The first-order valence-electron chi connectivity index (χ1n) is 4.57. The maximum absolute atomic E-state index is 10.6. The number of hydrogen-bond donors (Lipinski definition) is 2. The lowest BCUT2D eigenvalue weighted by Gasteiger charge is -2.12. The van der Waals surface area contributed by atoms with Crippen LogP contribution in [0.1, 0.15) is 39.5 Å². The summed E-state index contributed by atoms with van der Waals surface area (Å²) in [6.07, 6.45) is 3.41. The van der Waals surface area contributed by atoms with E-state index in [0.717, 1.165) is 19.3 Å². The van der Waals surface area contributed by atoms with Crippen molar-refractivity contribution >= 4 is 11.9 Å². The first-order valence-corrected chi connectivity index (χ1v) is 4.57. The molecule has 4 heteroatoms. The molecule has 1 amide bonds. The Hall–Kier alpha value is -1.06. The molecule has 0 spiro atoms. The summed E-state index contributed by atoms with van der Waals surface area (Å²) in [5, 5.41) is 11.1. The van der Waals surface area contributed by atoms with Crippen molar-refractivity contribution < 1.29 is 14.7 Å². The van der Waals surface area contributed by atoms with Crippen LogP contribution in [0.2, 0.25) is 0 Å². The van der Waals surface area contributed by atoms with Crippen LogP contribution in [0.4, 0.5) is 0 Å². The number of nitrogens with one attached hydrogen (secondary N) is 1. The molecule has 0 fully saturated rings. The van der Waals surface area contributed by atoms with E-state index in [0.29, 0.717) is 6.42 Å². The second-order valence-corrected chi connectivity index (χ2v) is 3.09. The number of unbranched alkanes of at least 4 members (excludes halogenated alkanes) is 2. The largest absolute Gasteiger partial charge is 0.480 e. The Kier molecular flexibility index (Phi) is 5.93. The maximum Gasteiger partial charge on any atom is 0.326 e. The summed E-state index contributed by atoms with van der Waals surface area (Å²) in [7, 11) is 0. The predicted octanol–water partition coefficient (Wildman–Crippen LogP) is 1.16. The fraction of sp³-hybridized carbons (Fsp3) is 0.778. The molecular weight excluding hydrogens is 170 g/mol. The molecule has 76 valence electrons. The van der Waals surface area contributed by atoms with Gasteiger partial charge in [0.05, 0.1) is 0 Å². The number of aliphatic carboxylic acids is 1. The lowest BCUT2D eigenvalue weighted by atomic mass is 10.1. The number of carboxylic acid groups (broad SMARTS) is 1. The molecule has 1 atom stereocenters. The van der Waals surface area contributed by atoms with Crippen LogP contribution in [0.3, 0.4) is 0 Å². The minimum absolute atomic E-state index is 0.288. The van der Waals surface area contributed by atoms with Gasteiger partial charge in [-0.25, -0.2) is 4.79 Å². The standard InChI is InChI=1S/C9H17NO3/c1-3-4-5-6-8(9(12)13)10-7(2)11/h8H,3-6H2,1-2H3,(H,10,11)(H,12,13)/t8-/m0/s1. The number of carbonyl (C=O) groups excluding carboxylic acids is 1. The molecule has 0 saturated carbocycles. The fourth-order valence-electron chi connectivity index (χ4n) is 1.10. The normalized spacial score (nSPS) is 12.2. The molecule has 0 aliphatic carbocycles. The van der Waals surface area contributed by atoms with Crippen molar-refractivity contribution in [3.8, 4) is 0 Å². The fourth-order valence-corrected chi connectivity index (χ4v) is 1.10. The average molecular weight is 187 g/mol. The molecule has 4 nitrogen and oxygen atoms in total. The van der Waals surface area contributed by atoms with Gasteiger partial charge in [0.15, 0.2) is 0 Å². The van der Waals surface area contributed by atoms with Crippen molar-refractivity contribution in [3.05, 3.63) is 0 Å². The summed E-state index contributed by atoms with van der Waals surface area (Å²) < 4.78 is 0. The second-order valence-electron chi connectivity index (χ2n) is 3.09. The summed E-state index contributed by atoms with van der Waals surface area (Å²) in [5.74, 6) is -1.24. The van der Waals surface area contributed by atoms with Crippen LogP contribution in [-0.2, 0) is 9.59 Å². The van der Waals surface area contributed by atoms with Gasteiger partial charge in [-0.2, -0.15) is 0 Å². The van der Waals surface area contributed by atoms with E-state index in [-0.39, 0.29) is 5.91 Å². The van der Waals surface area contributed by atoms with Crippen molar-refractivity contribution in [2.45, 2.75) is 45.6 Å². The second kappa shape index (κ2) is 6.46. The van der Waals surface area contributed by atoms with Crippen LogP contribution in [0, 0.1) is 0 Å². The van der Waals surface area contributed by atoms with E-state index < -0.39 is 12.0 Å². The molecule has 0 heterocycles. The first kappa shape index (κ1) is 11.9. The number of rotatable bonds is 6. The first-order chi connectivity index (χ1) is 6.07. The van der Waals surface area contributed by atoms with Crippen LogP contribution in [0.5, 0.6) is 0 Å². The highest BCUT2D eigenvalue weighted by atomic mass is 16.4. The van der Waals surface area contributed by atoms with Crippen LogP contribution in [-0.4, -0.2) is 23.0 Å². The van der Waals surface area contributed by atoms with Gasteiger partial charge in [-0.05, 0) is 6.42 Å². The lowest BCUT2D eigenvalue weighted by Crippen LogP contribution is -2.39. The summed E-state index contributed by atoms with van der Waals surface area (Å²) >= 11 is 0. The molecule has 0 unspecified atom stereocenters. The van der Waals surface area contributed by atoms with Crippen molar-refractivity contribution in [3.63, 3.8) is 0 Å². The van der Waals surface area contributed by atoms with Gasteiger partial charge in [-0.1, -0.05) is 26.2 Å². The average Bonchev–Trinajstić information content (AvgIpc) is 2.02. The third kappa shape index (κ3) is 6.13. The Morgan fingerprint density at radius 2 is 2.00 bits per heavy atom. The minimum atomic E-state index is -0.952. The van der Waals surface area contributed by atoms with E-state index in [2.05, 4.69) is 5.32 Å². The molecule has 2 N–H and O–H groups in total. The van der Waals surface area contributed by atoms with Crippen molar-refractivity contribution in [1.29, 1.82) is 0 Å². The van der Waals surface area contributed by atoms with Gasteiger partial charge in [-0.3, -0.25) is 4.79 Å². The smallest absolute Gasteiger partial charge is 0.326 e. The van der Waals surface area contributed by atoms with Crippen LogP contribution in [0.25, 0.3) is 0 Å². The van der Waals surface area contributed by atoms with Gasteiger partial charge in [0.25, 0.3) is 0 Å². The van der Waals surface area contributed by atoms with E-state index >= 15 is 0 Å². The van der Waals surface area contributed by atoms with Crippen LogP contribution >= 0.6 is 0 Å². The van der Waals surface area contributed by atoms with Gasteiger partial charge in [0.2, 0.25) is 5.91 Å². The molecule has 0 aromatic rings. The van der Waals surface area contributed by atoms with E-state index in [1.54, 1.807) is 0 Å². The predicted molar refractivity (Wildman–Crippen MR) is 49.4 cm³/mol. The molecule has 0 radical (unpaired) electrons. The Bertz CT molecular complexity index is 180. The molecular formula is C9H17NO3. The van der Waals surface area contributed by atoms with E-state index in [1.807, 2.05) is 6.92 Å². The van der Waals surface area contributed by atoms with Crippen molar-refractivity contribution in [1.82, 2.24) is 5.32 Å². The molecule has 0 aliphatic heterocycles. The molecule has 13 heavy (non-hydrogen) atoms. The zero-order valence-corrected chi connectivity index (χ0v) is 8.17. The van der Waals surface area contributed by atoms with Gasteiger partial charge < -0.3 is 10.4 Å². The number of amides is 1. The number of carboxylic acids is 1. The molecule has 0 saturated heterocycles. The summed E-state index contributed by atoms with van der Waals surface area (Å²) in [6, 6.07) is -0.718. The molecule has 0 aromatic carbocycles. The third-order valence-electron chi connectivity index (χ3n) is 1.77. The maximum atomic E-state index is 10.6. The monoisotopic (exact) mass is 187 g/mol. The molecule has 0 bridgehead atoms. The van der Waals surface area contributed by atoms with E-state index in [4.69, 9.17) is 5.11 Å². The highest BCUT2D eigenvalue weighted by molar-refractivity contribution is 5.81. The molecule has 0 aromatic heterocycles. The van der Waals surface area contributed by atoms with Gasteiger partial charge in [-0.15, -0.1) is 0 Å². The number of hydrogen-bond acceptors (Lipinski definition) is 2. The minimum Gasteiger partial charge on any atom is -0.480 e. The van der Waals surface area contributed by atoms with E-state index in [9.17, 15) is 9.59 Å².